The molecule has 0 bridgehead atoms. The van der Waals surface area contributed by atoms with Crippen LogP contribution in [-0.2, 0) is 14.6 Å². The summed E-state index contributed by atoms with van der Waals surface area (Å²) in [6.07, 6.45) is 3.28. The van der Waals surface area contributed by atoms with Gasteiger partial charge in [0, 0.05) is 18.1 Å². The molecule has 52 valence electrons. The van der Waals surface area contributed by atoms with Gasteiger partial charge in [-0.15, -0.1) is 0 Å². The van der Waals surface area contributed by atoms with Crippen molar-refractivity contribution < 1.29 is 4.21 Å². The van der Waals surface area contributed by atoms with E-state index in [1.165, 1.54) is 0 Å². The zero-order valence-electron chi connectivity index (χ0n) is 5.07. The van der Waals surface area contributed by atoms with Gasteiger partial charge in [-0.05, 0) is 6.07 Å². The summed E-state index contributed by atoms with van der Waals surface area (Å²) in [5.41, 5.74) is 2.44. The lowest BCUT2D eigenvalue weighted by atomic mass is 10.4. The van der Waals surface area contributed by atoms with Crippen molar-refractivity contribution in [3.8, 4) is 0 Å². The molecule has 3 nitrogen and oxygen atoms in total. The maximum absolute atomic E-state index is 11.0. The van der Waals surface area contributed by atoms with E-state index in [2.05, 4.69) is 10.3 Å². The molecule has 0 amide bonds. The second-order valence-corrected chi connectivity index (χ2v) is 3.20. The van der Waals surface area contributed by atoms with Crippen LogP contribution in [0.4, 0.5) is 5.69 Å². The van der Waals surface area contributed by atoms with Crippen LogP contribution in [0.15, 0.2) is 23.4 Å². The van der Waals surface area contributed by atoms with Crippen LogP contribution in [0.5, 0.6) is 0 Å². The number of nitrogens with zero attached hydrogens (tertiary/aromatic N) is 1. The molecule has 1 aliphatic heterocycles. The van der Waals surface area contributed by atoms with E-state index in [0.717, 1.165) is 10.6 Å². The predicted molar refractivity (Wildman–Crippen MR) is 40.2 cm³/mol. The minimum atomic E-state index is -0.996. The van der Waals surface area contributed by atoms with Crippen LogP contribution in [0.3, 0.4) is 0 Å². The average Bonchev–Trinajstić information content (AvgIpc) is 2.34. The lowest BCUT2D eigenvalue weighted by Gasteiger charge is -2.00. The largest absolute Gasteiger partial charge is 0.456 e. The molecule has 0 unspecified atom stereocenters. The molecule has 1 N–H and O–H groups in total. The molecule has 0 spiro atoms. The summed E-state index contributed by atoms with van der Waals surface area (Å²) in [5.74, 6) is 0. The van der Waals surface area contributed by atoms with Crippen molar-refractivity contribution >= 4 is 21.6 Å². The quantitative estimate of drug-likeness (QED) is 0.438. The molecule has 0 aromatic carbocycles. The number of hydrogen-bond donors (Lipinski definition) is 1. The molecule has 4 heteroatoms. The zero-order chi connectivity index (χ0) is 6.97. The second-order valence-electron chi connectivity index (χ2n) is 1.93. The zero-order valence-corrected chi connectivity index (χ0v) is 5.89. The minimum absolute atomic E-state index is 0.766. The smallest absolute Gasteiger partial charge is 0.0287 e. The molecular weight excluding hydrogens is 148 g/mol. The van der Waals surface area contributed by atoms with Crippen LogP contribution in [-0.4, -0.2) is 10.5 Å². The van der Waals surface area contributed by atoms with Crippen molar-refractivity contribution in [2.45, 2.75) is 4.90 Å². The highest BCUT2D eigenvalue weighted by Gasteiger charge is 1.96. The first-order valence-corrected chi connectivity index (χ1v) is 4.04. The number of hydrogen-bond acceptors (Lipinski definition) is 4. The first-order chi connectivity index (χ1) is 4.88. The van der Waals surface area contributed by atoms with Gasteiger partial charge in [0.1, 0.15) is 0 Å². The molecule has 10 heavy (non-hydrogen) atoms. The van der Waals surface area contributed by atoms with E-state index in [4.69, 9.17) is 0 Å². The Balaban J connectivity index is 2.72. The monoisotopic (exact) mass is 153 g/mol. The van der Waals surface area contributed by atoms with Crippen LogP contribution in [0.1, 0.15) is 0 Å². The topological polar surface area (TPSA) is 42.0 Å². The lowest BCUT2D eigenvalue weighted by molar-refractivity contribution is 0.603. The molecule has 0 saturated carbocycles. The molecule has 0 atom stereocenters. The van der Waals surface area contributed by atoms with Gasteiger partial charge in [0.15, 0.2) is 0 Å². The van der Waals surface area contributed by atoms with E-state index in [9.17, 15) is 4.21 Å². The van der Waals surface area contributed by atoms with Gasteiger partial charge in [-0.3, -0.25) is 4.98 Å². The normalized spacial score (nSPS) is 15.6. The highest BCUT2D eigenvalue weighted by molar-refractivity contribution is 7.84. The molecule has 0 fully saturated rings. The number of aromatic nitrogens is 1. The molecule has 0 aliphatic carbocycles. The Bertz CT molecular complexity index is 341. The van der Waals surface area contributed by atoms with E-state index in [0.29, 0.717) is 0 Å². The van der Waals surface area contributed by atoms with Crippen LogP contribution in [0.25, 0.3) is 0 Å². The van der Waals surface area contributed by atoms with Crippen molar-refractivity contribution in [1.29, 1.82) is 0 Å². The Morgan fingerprint density at radius 2 is 2.50 bits per heavy atom. The fourth-order valence-electron chi connectivity index (χ4n) is 0.840. The second kappa shape index (κ2) is 1.98. The number of rotatable bonds is 0. The molecule has 1 aromatic heterocycles. The Kier molecular flexibility index (Phi) is 1.14. The van der Waals surface area contributed by atoms with E-state index < -0.39 is 10.4 Å². The number of anilines is 1. The van der Waals surface area contributed by atoms with E-state index in [1.54, 1.807) is 24.0 Å². The van der Waals surface area contributed by atoms with E-state index in [1.807, 2.05) is 0 Å². The van der Waals surface area contributed by atoms with Crippen LogP contribution < -0.4 is 5.32 Å². The van der Waals surface area contributed by atoms with Crippen molar-refractivity contribution in [3.05, 3.63) is 18.5 Å². The summed E-state index contributed by atoms with van der Waals surface area (Å²) in [5, 5.41) is 2.88. The van der Waals surface area contributed by atoms with E-state index >= 15 is 0 Å². The molecule has 0 saturated heterocycles. The summed E-state index contributed by atoms with van der Waals surface area (Å²) in [7, 11) is -0.996. The molecule has 2 heterocycles. The molecular formula is C6H5N2OS-. The van der Waals surface area contributed by atoms with Gasteiger partial charge in [-0.2, -0.15) is 0 Å². The van der Waals surface area contributed by atoms with Crippen LogP contribution in [0.2, 0.25) is 0 Å². The Morgan fingerprint density at radius 3 is 3.30 bits per heavy atom. The van der Waals surface area contributed by atoms with Crippen molar-refractivity contribution in [2.75, 3.05) is 5.32 Å². The fraction of sp³-hybridized carbons (Fsp3) is 0. The summed E-state index contributed by atoms with van der Waals surface area (Å²) < 4.78 is 11.0. The summed E-state index contributed by atoms with van der Waals surface area (Å²) >= 11 is 0. The first-order valence-electron chi connectivity index (χ1n) is 2.82. The van der Waals surface area contributed by atoms with Crippen molar-refractivity contribution in [1.82, 2.24) is 4.98 Å². The third kappa shape index (κ3) is 0.690. The maximum atomic E-state index is 11.0. The fourth-order valence-corrected chi connectivity index (χ4v) is 1.71. The predicted octanol–water partition coefficient (Wildman–Crippen LogP) is 0.589. The van der Waals surface area contributed by atoms with Gasteiger partial charge in [0.2, 0.25) is 0 Å². The Hall–Kier alpha value is -1.03. The van der Waals surface area contributed by atoms with Gasteiger partial charge < -0.3 is 9.53 Å². The maximum Gasteiger partial charge on any atom is 0.0287 e. The van der Waals surface area contributed by atoms with E-state index in [-0.39, 0.29) is 0 Å². The third-order valence-corrected chi connectivity index (χ3v) is 2.41. The summed E-state index contributed by atoms with van der Waals surface area (Å²) in [6.45, 7) is 0. The minimum Gasteiger partial charge on any atom is -0.456 e. The Labute approximate surface area is 60.1 Å². The number of pyridine rings is 1. The summed E-state index contributed by atoms with van der Waals surface area (Å²) in [6, 6.07) is 1.80. The average molecular weight is 153 g/mol. The van der Waals surface area contributed by atoms with Gasteiger partial charge >= 0.3 is 0 Å². The van der Waals surface area contributed by atoms with Gasteiger partial charge in [-0.1, -0.05) is 10.4 Å². The molecule has 1 aromatic rings. The van der Waals surface area contributed by atoms with Crippen molar-refractivity contribution in [2.24, 2.45) is 0 Å². The third-order valence-electron chi connectivity index (χ3n) is 1.32. The SMILES string of the molecule is O=[S-]1=CNc2ccncc21. The van der Waals surface area contributed by atoms with Crippen molar-refractivity contribution in [3.63, 3.8) is 0 Å². The van der Waals surface area contributed by atoms with Gasteiger partial charge in [0.05, 0.1) is 0 Å². The molecule has 1 aliphatic rings. The highest BCUT2D eigenvalue weighted by Crippen LogP contribution is 2.17. The highest BCUT2D eigenvalue weighted by atomic mass is 32.2. The van der Waals surface area contributed by atoms with Gasteiger partial charge in [0.25, 0.3) is 0 Å². The Morgan fingerprint density at radius 1 is 1.60 bits per heavy atom. The van der Waals surface area contributed by atoms with Crippen LogP contribution >= 0.6 is 0 Å². The first kappa shape index (κ1) is 5.73. The molecule has 0 radical (unpaired) electrons. The number of nitrogens with one attached hydrogen (secondary N) is 1. The number of fused-ring (bicyclic) bond motifs is 1. The summed E-state index contributed by atoms with van der Waals surface area (Å²) in [4.78, 5) is 4.62. The lowest BCUT2D eigenvalue weighted by Crippen LogP contribution is -1.86. The van der Waals surface area contributed by atoms with Crippen LogP contribution in [0, 0.1) is 0 Å². The standard InChI is InChI=1S/C6H5N2OS/c9-10-4-8-5-1-2-7-3-6(5)10/h1-4,8H/q-1. The molecule has 2 rings (SSSR count). The van der Waals surface area contributed by atoms with Gasteiger partial charge in [-0.25, -0.2) is 10.4 Å².